The van der Waals surface area contributed by atoms with Gasteiger partial charge in [-0.15, -0.1) is 0 Å². The van der Waals surface area contributed by atoms with Gasteiger partial charge in [0.2, 0.25) is 5.91 Å². The summed E-state index contributed by atoms with van der Waals surface area (Å²) in [6, 6.07) is 0.272. The molecule has 0 fully saturated rings. The average molecular weight is 203 g/mol. The Morgan fingerprint density at radius 2 is 2.07 bits per heavy atom. The van der Waals surface area contributed by atoms with Crippen LogP contribution in [0.4, 0.5) is 0 Å². The quantitative estimate of drug-likeness (QED) is 0.577. The molecule has 1 unspecified atom stereocenters. The first-order chi connectivity index (χ1) is 6.63. The van der Waals surface area contributed by atoms with Gasteiger partial charge >= 0.3 is 0 Å². The lowest BCUT2D eigenvalue weighted by Crippen LogP contribution is -2.37. The zero-order valence-electron chi connectivity index (χ0n) is 9.58. The zero-order valence-corrected chi connectivity index (χ0v) is 9.58. The van der Waals surface area contributed by atoms with E-state index in [0.717, 1.165) is 6.42 Å². The summed E-state index contributed by atoms with van der Waals surface area (Å²) in [5, 5.41) is 0. The standard InChI is InChI=1S/C10H21NO3/c1-5-9(2)11(3)10(12)8-14-7-6-13-4/h9H,5-8H2,1-4H3. The van der Waals surface area contributed by atoms with Gasteiger partial charge in [0.05, 0.1) is 13.2 Å². The Morgan fingerprint density at radius 1 is 1.43 bits per heavy atom. The highest BCUT2D eigenvalue weighted by atomic mass is 16.5. The molecule has 0 aliphatic carbocycles. The molecule has 4 nitrogen and oxygen atoms in total. The highest BCUT2D eigenvalue weighted by Gasteiger charge is 2.13. The van der Waals surface area contributed by atoms with E-state index in [1.54, 1.807) is 19.1 Å². The maximum atomic E-state index is 11.5. The molecule has 0 spiro atoms. The van der Waals surface area contributed by atoms with Gasteiger partial charge in [0, 0.05) is 20.2 Å². The van der Waals surface area contributed by atoms with Crippen molar-refractivity contribution in [3.05, 3.63) is 0 Å². The molecule has 0 aliphatic heterocycles. The van der Waals surface area contributed by atoms with Crippen LogP contribution < -0.4 is 0 Å². The normalized spacial score (nSPS) is 12.6. The summed E-state index contributed by atoms with van der Waals surface area (Å²) < 4.78 is 9.94. The number of methoxy groups -OCH3 is 1. The highest BCUT2D eigenvalue weighted by molar-refractivity contribution is 5.77. The Morgan fingerprint density at radius 3 is 2.57 bits per heavy atom. The predicted octanol–water partition coefficient (Wildman–Crippen LogP) is 0.906. The van der Waals surface area contributed by atoms with Crippen LogP contribution in [0, 0.1) is 0 Å². The van der Waals surface area contributed by atoms with Gasteiger partial charge in [-0.05, 0) is 13.3 Å². The Bertz CT molecular complexity index is 161. The van der Waals surface area contributed by atoms with Crippen molar-refractivity contribution in [3.8, 4) is 0 Å². The second-order valence-corrected chi connectivity index (χ2v) is 3.31. The van der Waals surface area contributed by atoms with E-state index in [1.807, 2.05) is 6.92 Å². The summed E-state index contributed by atoms with van der Waals surface area (Å²) in [7, 11) is 3.41. The minimum Gasteiger partial charge on any atom is -0.382 e. The van der Waals surface area contributed by atoms with Gasteiger partial charge in [-0.3, -0.25) is 4.79 Å². The van der Waals surface area contributed by atoms with Crippen molar-refractivity contribution in [1.29, 1.82) is 0 Å². The van der Waals surface area contributed by atoms with Crippen molar-refractivity contribution < 1.29 is 14.3 Å². The summed E-state index contributed by atoms with van der Waals surface area (Å²) in [5.74, 6) is 0.0236. The number of rotatable bonds is 7. The predicted molar refractivity (Wildman–Crippen MR) is 55.2 cm³/mol. The molecule has 0 N–H and O–H groups in total. The highest BCUT2D eigenvalue weighted by Crippen LogP contribution is 2.00. The molecule has 0 rings (SSSR count). The van der Waals surface area contributed by atoms with Crippen molar-refractivity contribution in [3.63, 3.8) is 0 Å². The average Bonchev–Trinajstić information content (AvgIpc) is 2.21. The van der Waals surface area contributed by atoms with E-state index < -0.39 is 0 Å². The van der Waals surface area contributed by atoms with E-state index in [1.165, 1.54) is 0 Å². The van der Waals surface area contributed by atoms with Crippen LogP contribution in [-0.4, -0.2) is 50.8 Å². The van der Waals surface area contributed by atoms with Gasteiger partial charge in [-0.1, -0.05) is 6.92 Å². The largest absolute Gasteiger partial charge is 0.382 e. The van der Waals surface area contributed by atoms with Gasteiger partial charge in [-0.25, -0.2) is 0 Å². The number of hydrogen-bond donors (Lipinski definition) is 0. The fourth-order valence-electron chi connectivity index (χ4n) is 0.923. The molecular weight excluding hydrogens is 182 g/mol. The van der Waals surface area contributed by atoms with Crippen LogP contribution in [0.5, 0.6) is 0 Å². The lowest BCUT2D eigenvalue weighted by molar-refractivity contribution is -0.137. The number of carbonyl (C=O) groups is 1. The van der Waals surface area contributed by atoms with E-state index in [0.29, 0.717) is 13.2 Å². The van der Waals surface area contributed by atoms with Gasteiger partial charge in [0.15, 0.2) is 0 Å². The fraction of sp³-hybridized carbons (Fsp3) is 0.900. The number of carbonyl (C=O) groups excluding carboxylic acids is 1. The van der Waals surface area contributed by atoms with Crippen molar-refractivity contribution in [2.24, 2.45) is 0 Å². The summed E-state index contributed by atoms with van der Waals surface area (Å²) in [6.45, 7) is 5.22. The topological polar surface area (TPSA) is 38.8 Å². The summed E-state index contributed by atoms with van der Waals surface area (Å²) >= 11 is 0. The van der Waals surface area contributed by atoms with Gasteiger partial charge in [0.25, 0.3) is 0 Å². The van der Waals surface area contributed by atoms with E-state index >= 15 is 0 Å². The lowest BCUT2D eigenvalue weighted by Gasteiger charge is -2.23. The van der Waals surface area contributed by atoms with E-state index in [4.69, 9.17) is 9.47 Å². The smallest absolute Gasteiger partial charge is 0.248 e. The van der Waals surface area contributed by atoms with Gasteiger partial charge in [-0.2, -0.15) is 0 Å². The fourth-order valence-corrected chi connectivity index (χ4v) is 0.923. The molecular formula is C10H21NO3. The van der Waals surface area contributed by atoms with Crippen molar-refractivity contribution in [2.45, 2.75) is 26.3 Å². The summed E-state index contributed by atoms with van der Waals surface area (Å²) in [4.78, 5) is 13.2. The second kappa shape index (κ2) is 7.76. The van der Waals surface area contributed by atoms with Crippen LogP contribution in [0.25, 0.3) is 0 Å². The van der Waals surface area contributed by atoms with Gasteiger partial charge < -0.3 is 14.4 Å². The van der Waals surface area contributed by atoms with E-state index in [9.17, 15) is 4.79 Å². The first-order valence-electron chi connectivity index (χ1n) is 4.95. The van der Waals surface area contributed by atoms with Crippen molar-refractivity contribution >= 4 is 5.91 Å². The Hall–Kier alpha value is -0.610. The van der Waals surface area contributed by atoms with Crippen LogP contribution >= 0.6 is 0 Å². The molecule has 0 radical (unpaired) electrons. The molecule has 14 heavy (non-hydrogen) atoms. The minimum absolute atomic E-state index is 0.0236. The van der Waals surface area contributed by atoms with Crippen LogP contribution in [0.2, 0.25) is 0 Å². The molecule has 0 heterocycles. The number of likely N-dealkylation sites (N-methyl/N-ethyl adjacent to an activating group) is 1. The number of nitrogens with zero attached hydrogens (tertiary/aromatic N) is 1. The number of amides is 1. The molecule has 0 saturated carbocycles. The second-order valence-electron chi connectivity index (χ2n) is 3.31. The molecule has 4 heteroatoms. The van der Waals surface area contributed by atoms with E-state index in [2.05, 4.69) is 6.92 Å². The third-order valence-corrected chi connectivity index (χ3v) is 2.30. The minimum atomic E-state index is 0.0236. The molecule has 0 aromatic rings. The third kappa shape index (κ3) is 5.19. The Kier molecular flexibility index (Phi) is 7.42. The molecule has 1 atom stereocenters. The van der Waals surface area contributed by atoms with Crippen molar-refractivity contribution in [1.82, 2.24) is 4.90 Å². The molecule has 0 aromatic carbocycles. The first-order valence-corrected chi connectivity index (χ1v) is 4.95. The van der Waals surface area contributed by atoms with Gasteiger partial charge in [0.1, 0.15) is 6.61 Å². The Balaban J connectivity index is 3.62. The molecule has 0 saturated heterocycles. The number of ether oxygens (including phenoxy) is 2. The van der Waals surface area contributed by atoms with Crippen LogP contribution in [0.3, 0.4) is 0 Å². The Labute approximate surface area is 86.2 Å². The molecule has 1 amide bonds. The molecule has 84 valence electrons. The number of hydrogen-bond acceptors (Lipinski definition) is 3. The van der Waals surface area contributed by atoms with Crippen molar-refractivity contribution in [2.75, 3.05) is 34.0 Å². The molecule has 0 aromatic heterocycles. The SMILES string of the molecule is CCC(C)N(C)C(=O)COCCOC. The molecule has 0 bridgehead atoms. The van der Waals surface area contributed by atoms with Crippen LogP contribution in [0.15, 0.2) is 0 Å². The first kappa shape index (κ1) is 13.4. The third-order valence-electron chi connectivity index (χ3n) is 2.30. The maximum absolute atomic E-state index is 11.5. The zero-order chi connectivity index (χ0) is 11.0. The van der Waals surface area contributed by atoms with Crippen LogP contribution in [-0.2, 0) is 14.3 Å². The summed E-state index contributed by atoms with van der Waals surface area (Å²) in [6.07, 6.45) is 0.959. The van der Waals surface area contributed by atoms with E-state index in [-0.39, 0.29) is 18.6 Å². The van der Waals surface area contributed by atoms with Crippen LogP contribution in [0.1, 0.15) is 20.3 Å². The summed E-state index contributed by atoms with van der Waals surface area (Å²) in [5.41, 5.74) is 0. The maximum Gasteiger partial charge on any atom is 0.248 e. The lowest BCUT2D eigenvalue weighted by atomic mass is 10.2. The monoisotopic (exact) mass is 203 g/mol. The molecule has 0 aliphatic rings.